The minimum absolute atomic E-state index is 0.0301. The monoisotopic (exact) mass is 302 g/mol. The lowest BCUT2D eigenvalue weighted by molar-refractivity contribution is -0.909. The van der Waals surface area contributed by atoms with Gasteiger partial charge >= 0.3 is 0 Å². The third kappa shape index (κ3) is 2.95. The third-order valence-corrected chi connectivity index (χ3v) is 4.67. The molecule has 2 heterocycles. The first-order valence-corrected chi connectivity index (χ1v) is 8.00. The SMILES string of the molecule is CC[NH+]1CCC[C@H]1CNC(=O)c1cc2ccc(OC)cc2[nH]1. The van der Waals surface area contributed by atoms with Crippen molar-refractivity contribution < 1.29 is 14.4 Å². The molecule has 5 heteroatoms. The van der Waals surface area contributed by atoms with E-state index in [2.05, 4.69) is 17.2 Å². The van der Waals surface area contributed by atoms with Gasteiger partial charge in [0, 0.05) is 29.8 Å². The van der Waals surface area contributed by atoms with Crippen molar-refractivity contribution in [1.82, 2.24) is 10.3 Å². The minimum atomic E-state index is -0.0301. The topological polar surface area (TPSA) is 58.6 Å². The maximum absolute atomic E-state index is 12.3. The van der Waals surface area contributed by atoms with E-state index in [1.54, 1.807) is 12.0 Å². The Bertz CT molecular complexity index is 665. The largest absolute Gasteiger partial charge is 0.497 e. The van der Waals surface area contributed by atoms with E-state index in [-0.39, 0.29) is 5.91 Å². The summed E-state index contributed by atoms with van der Waals surface area (Å²) in [6, 6.07) is 8.22. The summed E-state index contributed by atoms with van der Waals surface area (Å²) in [4.78, 5) is 17.1. The molecule has 0 radical (unpaired) electrons. The van der Waals surface area contributed by atoms with E-state index in [4.69, 9.17) is 4.74 Å². The molecule has 0 bridgehead atoms. The summed E-state index contributed by atoms with van der Waals surface area (Å²) in [5, 5.41) is 4.09. The molecule has 0 aliphatic carbocycles. The van der Waals surface area contributed by atoms with E-state index in [1.807, 2.05) is 24.3 Å². The van der Waals surface area contributed by atoms with E-state index in [0.717, 1.165) is 29.7 Å². The van der Waals surface area contributed by atoms with Crippen LogP contribution in [0.15, 0.2) is 24.3 Å². The van der Waals surface area contributed by atoms with Crippen molar-refractivity contribution in [2.24, 2.45) is 0 Å². The first-order chi connectivity index (χ1) is 10.7. The average Bonchev–Trinajstić information content (AvgIpc) is 3.17. The highest BCUT2D eigenvalue weighted by Crippen LogP contribution is 2.21. The molecular formula is C17H24N3O2+. The van der Waals surface area contributed by atoms with Gasteiger partial charge in [-0.05, 0) is 25.1 Å². The van der Waals surface area contributed by atoms with Gasteiger partial charge in [-0.2, -0.15) is 0 Å². The molecule has 1 fully saturated rings. The van der Waals surface area contributed by atoms with Crippen LogP contribution in [-0.2, 0) is 0 Å². The zero-order valence-electron chi connectivity index (χ0n) is 13.2. The van der Waals surface area contributed by atoms with Crippen LogP contribution >= 0.6 is 0 Å². The molecular weight excluding hydrogens is 278 g/mol. The van der Waals surface area contributed by atoms with Crippen LogP contribution in [-0.4, -0.2) is 43.7 Å². The molecule has 0 spiro atoms. The second-order valence-electron chi connectivity index (χ2n) is 5.95. The number of likely N-dealkylation sites (tertiary alicyclic amines) is 1. The Hall–Kier alpha value is -2.01. The van der Waals surface area contributed by atoms with Crippen molar-refractivity contribution >= 4 is 16.8 Å². The summed E-state index contributed by atoms with van der Waals surface area (Å²) >= 11 is 0. The zero-order valence-corrected chi connectivity index (χ0v) is 13.2. The molecule has 1 amide bonds. The lowest BCUT2D eigenvalue weighted by Crippen LogP contribution is -3.14. The molecule has 1 aromatic carbocycles. The number of H-pyrrole nitrogens is 1. The molecule has 3 rings (SSSR count). The van der Waals surface area contributed by atoms with Crippen LogP contribution in [0.4, 0.5) is 0 Å². The van der Waals surface area contributed by atoms with E-state index >= 15 is 0 Å². The maximum atomic E-state index is 12.3. The number of rotatable bonds is 5. The summed E-state index contributed by atoms with van der Waals surface area (Å²) in [7, 11) is 1.64. The molecule has 3 N–H and O–H groups in total. The van der Waals surface area contributed by atoms with Gasteiger partial charge in [0.15, 0.2) is 0 Å². The summed E-state index contributed by atoms with van der Waals surface area (Å²) in [5.41, 5.74) is 1.53. The van der Waals surface area contributed by atoms with E-state index in [1.165, 1.54) is 19.4 Å². The molecule has 1 aliphatic rings. The van der Waals surface area contributed by atoms with Gasteiger partial charge in [0.05, 0.1) is 26.7 Å². The third-order valence-electron chi connectivity index (χ3n) is 4.67. The Balaban J connectivity index is 1.67. The maximum Gasteiger partial charge on any atom is 0.267 e. The van der Waals surface area contributed by atoms with Gasteiger partial charge in [-0.25, -0.2) is 0 Å². The molecule has 22 heavy (non-hydrogen) atoms. The molecule has 2 atom stereocenters. The molecule has 2 aromatic rings. The van der Waals surface area contributed by atoms with Crippen LogP contribution in [0, 0.1) is 0 Å². The summed E-state index contributed by atoms with van der Waals surface area (Å²) in [5.74, 6) is 0.756. The van der Waals surface area contributed by atoms with Gasteiger partial charge in [0.2, 0.25) is 0 Å². The second kappa shape index (κ2) is 6.40. The highest BCUT2D eigenvalue weighted by molar-refractivity contribution is 5.98. The standard InChI is InChI=1S/C17H23N3O2/c1-3-20-8-4-5-13(20)11-18-17(21)16-9-12-6-7-14(22-2)10-15(12)19-16/h6-7,9-10,13,19H,3-5,8,11H2,1-2H3,(H,18,21)/p+1/t13-/m0/s1. The summed E-state index contributed by atoms with van der Waals surface area (Å²) < 4.78 is 5.21. The fraction of sp³-hybridized carbons (Fsp3) is 0.471. The number of benzene rings is 1. The van der Waals surface area contributed by atoms with Gasteiger partial charge in [-0.15, -0.1) is 0 Å². The van der Waals surface area contributed by atoms with Gasteiger partial charge in [0.25, 0.3) is 5.91 Å². The zero-order chi connectivity index (χ0) is 15.5. The molecule has 1 aliphatic heterocycles. The van der Waals surface area contributed by atoms with Crippen molar-refractivity contribution in [3.63, 3.8) is 0 Å². The van der Waals surface area contributed by atoms with Crippen molar-refractivity contribution in [2.75, 3.05) is 26.7 Å². The minimum Gasteiger partial charge on any atom is -0.497 e. The number of aromatic nitrogens is 1. The number of nitrogens with one attached hydrogen (secondary N) is 3. The number of ether oxygens (including phenoxy) is 1. The Kier molecular flexibility index (Phi) is 4.34. The lowest BCUT2D eigenvalue weighted by atomic mass is 10.2. The number of amides is 1. The number of methoxy groups -OCH3 is 1. The van der Waals surface area contributed by atoms with Crippen LogP contribution in [0.25, 0.3) is 10.9 Å². The number of hydrogen-bond acceptors (Lipinski definition) is 2. The predicted molar refractivity (Wildman–Crippen MR) is 86.6 cm³/mol. The van der Waals surface area contributed by atoms with Gasteiger partial charge < -0.3 is 19.9 Å². The molecule has 1 unspecified atom stereocenters. The number of fused-ring (bicyclic) bond motifs is 1. The smallest absolute Gasteiger partial charge is 0.267 e. The van der Waals surface area contributed by atoms with Crippen molar-refractivity contribution in [3.05, 3.63) is 30.0 Å². The lowest BCUT2D eigenvalue weighted by Gasteiger charge is -2.19. The number of carbonyl (C=O) groups excluding carboxylic acids is 1. The van der Waals surface area contributed by atoms with Crippen LogP contribution in [0.3, 0.4) is 0 Å². The predicted octanol–water partition coefficient (Wildman–Crippen LogP) is 0.973. The Morgan fingerprint density at radius 3 is 3.09 bits per heavy atom. The first-order valence-electron chi connectivity index (χ1n) is 8.00. The Morgan fingerprint density at radius 1 is 1.45 bits per heavy atom. The fourth-order valence-electron chi connectivity index (χ4n) is 3.36. The number of aromatic amines is 1. The van der Waals surface area contributed by atoms with Gasteiger partial charge in [-0.1, -0.05) is 0 Å². The molecule has 1 aromatic heterocycles. The second-order valence-corrected chi connectivity index (χ2v) is 5.95. The number of likely N-dealkylation sites (N-methyl/N-ethyl adjacent to an activating group) is 1. The van der Waals surface area contributed by atoms with E-state index in [9.17, 15) is 4.79 Å². The van der Waals surface area contributed by atoms with Crippen LogP contribution in [0.1, 0.15) is 30.3 Å². The van der Waals surface area contributed by atoms with E-state index < -0.39 is 0 Å². The Labute approximate surface area is 130 Å². The number of quaternary nitrogens is 1. The molecule has 1 saturated heterocycles. The van der Waals surface area contributed by atoms with E-state index in [0.29, 0.717) is 11.7 Å². The van der Waals surface area contributed by atoms with Crippen molar-refractivity contribution in [1.29, 1.82) is 0 Å². The van der Waals surface area contributed by atoms with Crippen LogP contribution < -0.4 is 15.0 Å². The quantitative estimate of drug-likeness (QED) is 0.771. The first kappa shape index (κ1) is 14.9. The van der Waals surface area contributed by atoms with Crippen LogP contribution in [0.2, 0.25) is 0 Å². The highest BCUT2D eigenvalue weighted by atomic mass is 16.5. The van der Waals surface area contributed by atoms with Crippen molar-refractivity contribution in [3.8, 4) is 5.75 Å². The molecule has 5 nitrogen and oxygen atoms in total. The molecule has 0 saturated carbocycles. The normalized spacial score (nSPS) is 21.2. The van der Waals surface area contributed by atoms with Crippen LogP contribution in [0.5, 0.6) is 5.75 Å². The van der Waals surface area contributed by atoms with Gasteiger partial charge in [0.1, 0.15) is 17.5 Å². The highest BCUT2D eigenvalue weighted by Gasteiger charge is 2.27. The fourth-order valence-corrected chi connectivity index (χ4v) is 3.36. The average molecular weight is 302 g/mol. The molecule has 118 valence electrons. The number of hydrogen-bond donors (Lipinski definition) is 3. The van der Waals surface area contributed by atoms with Gasteiger partial charge in [-0.3, -0.25) is 4.79 Å². The summed E-state index contributed by atoms with van der Waals surface area (Å²) in [6.45, 7) is 5.32. The number of carbonyl (C=O) groups is 1. The summed E-state index contributed by atoms with van der Waals surface area (Å²) in [6.07, 6.45) is 2.46. The van der Waals surface area contributed by atoms with Crippen molar-refractivity contribution in [2.45, 2.75) is 25.8 Å². The Morgan fingerprint density at radius 2 is 2.32 bits per heavy atom.